The third kappa shape index (κ3) is 6.24. The Hall–Kier alpha value is -1.17. The van der Waals surface area contributed by atoms with Crippen LogP contribution in [0.2, 0.25) is 0 Å². The fourth-order valence-corrected chi connectivity index (χ4v) is 2.13. The van der Waals surface area contributed by atoms with Crippen molar-refractivity contribution in [3.63, 3.8) is 0 Å². The molecule has 132 valence electrons. The molecule has 1 N–H and O–H groups in total. The molecule has 0 amide bonds. The van der Waals surface area contributed by atoms with Gasteiger partial charge >= 0.3 is 5.97 Å². The molecule has 2 rings (SSSR count). The van der Waals surface area contributed by atoms with Crippen molar-refractivity contribution >= 4 is 76.0 Å². The normalized spacial score (nSPS) is 11.1. The molecule has 0 saturated heterocycles. The van der Waals surface area contributed by atoms with Crippen molar-refractivity contribution in [1.82, 2.24) is 9.78 Å². The zero-order valence-corrected chi connectivity index (χ0v) is 18.3. The van der Waals surface area contributed by atoms with Gasteiger partial charge in [-0.25, -0.2) is 9.18 Å². The van der Waals surface area contributed by atoms with E-state index in [1.807, 2.05) is 0 Å². The Morgan fingerprint density at radius 3 is 2.20 bits per heavy atom. The quantitative estimate of drug-likeness (QED) is 0.419. The topological polar surface area (TPSA) is 89.3 Å². The van der Waals surface area contributed by atoms with E-state index in [4.69, 9.17) is 5.11 Å². The summed E-state index contributed by atoms with van der Waals surface area (Å²) < 4.78 is 14.7. The van der Waals surface area contributed by atoms with E-state index in [1.54, 1.807) is 0 Å². The number of allylic oxidation sites excluding steroid dienone is 1. The first-order valence-corrected chi connectivity index (χ1v) is 9.29. The summed E-state index contributed by atoms with van der Waals surface area (Å²) >= 11 is 11.7. The zero-order chi connectivity index (χ0) is 19.1. The Bertz CT molecular complexity index is 881. The lowest BCUT2D eigenvalue weighted by atomic mass is 10.3. The fourth-order valence-electron chi connectivity index (χ4n) is 1.33. The average molecular weight is 606 g/mol. The van der Waals surface area contributed by atoms with Crippen molar-refractivity contribution in [2.24, 2.45) is 0 Å². The minimum atomic E-state index is -1.17. The summed E-state index contributed by atoms with van der Waals surface area (Å²) in [5.74, 6) is -1.53. The maximum Gasteiger partial charge on any atom is 0.344 e. The summed E-state index contributed by atoms with van der Waals surface area (Å²) in [6.45, 7) is 0. The van der Waals surface area contributed by atoms with Crippen molar-refractivity contribution < 1.29 is 19.1 Å². The SMILES string of the molecule is O=CC(Br)=C(Br)C(=O)O.O=c1c(Br)c(Br)cnn1-c1ccc(F)cc1. The van der Waals surface area contributed by atoms with Gasteiger partial charge < -0.3 is 5.11 Å². The summed E-state index contributed by atoms with van der Waals surface area (Å²) in [6, 6.07) is 5.53. The van der Waals surface area contributed by atoms with E-state index in [0.717, 1.165) is 0 Å². The highest BCUT2D eigenvalue weighted by Crippen LogP contribution is 2.17. The van der Waals surface area contributed by atoms with Crippen molar-refractivity contribution in [3.05, 3.63) is 64.5 Å². The first-order chi connectivity index (χ1) is 11.7. The molecule has 1 heterocycles. The Morgan fingerprint density at radius 2 is 1.76 bits per heavy atom. The van der Waals surface area contributed by atoms with Crippen LogP contribution in [0.4, 0.5) is 4.39 Å². The van der Waals surface area contributed by atoms with Crippen LogP contribution in [0.3, 0.4) is 0 Å². The minimum Gasteiger partial charge on any atom is -0.477 e. The van der Waals surface area contributed by atoms with Crippen LogP contribution >= 0.6 is 63.7 Å². The van der Waals surface area contributed by atoms with Crippen LogP contribution in [0.1, 0.15) is 0 Å². The van der Waals surface area contributed by atoms with Crippen LogP contribution in [-0.4, -0.2) is 27.1 Å². The van der Waals surface area contributed by atoms with Gasteiger partial charge in [0, 0.05) is 0 Å². The lowest BCUT2D eigenvalue weighted by molar-refractivity contribution is -0.131. The third-order valence-electron chi connectivity index (χ3n) is 2.45. The average Bonchev–Trinajstić information content (AvgIpc) is 2.60. The lowest BCUT2D eigenvalue weighted by Crippen LogP contribution is -2.21. The maximum atomic E-state index is 12.7. The van der Waals surface area contributed by atoms with Crippen molar-refractivity contribution in [3.8, 4) is 5.69 Å². The molecule has 2 aromatic rings. The highest BCUT2D eigenvalue weighted by atomic mass is 79.9. The number of nitrogens with zero attached hydrogens (tertiary/aromatic N) is 2. The molecule has 0 unspecified atom stereocenters. The standard InChI is InChI=1S/C10H5Br2FN2O.C4H2Br2O3/c11-8-5-14-15(10(16)9(8)12)7-3-1-6(13)2-4-7;5-2(1-7)3(6)4(8)9/h1-5H;1H,(H,8,9). The Kier molecular flexibility index (Phi) is 8.83. The number of carbonyl (C=O) groups excluding carboxylic acids is 1. The number of aliphatic carboxylic acids is 1. The molecule has 0 aliphatic heterocycles. The van der Waals surface area contributed by atoms with Gasteiger partial charge in [-0.05, 0) is 88.0 Å². The molecular formula is C14H7Br4FN2O4. The van der Waals surface area contributed by atoms with Crippen LogP contribution in [0.25, 0.3) is 5.69 Å². The molecule has 0 aliphatic carbocycles. The van der Waals surface area contributed by atoms with E-state index in [1.165, 1.54) is 35.1 Å². The zero-order valence-electron chi connectivity index (χ0n) is 11.9. The minimum absolute atomic E-state index is 0.00463. The second kappa shape index (κ2) is 10.1. The summed E-state index contributed by atoms with van der Waals surface area (Å²) in [7, 11) is 0. The highest BCUT2D eigenvalue weighted by molar-refractivity contribution is 9.14. The van der Waals surface area contributed by atoms with E-state index in [9.17, 15) is 18.8 Å². The molecule has 0 spiro atoms. The molecular weight excluding hydrogens is 599 g/mol. The molecule has 0 saturated carbocycles. The number of hydrogen-bond acceptors (Lipinski definition) is 4. The van der Waals surface area contributed by atoms with Gasteiger partial charge in [-0.15, -0.1) is 0 Å². The highest BCUT2D eigenvalue weighted by Gasteiger charge is 2.08. The fraction of sp³-hybridized carbons (Fsp3) is 0. The predicted octanol–water partition coefficient (Wildman–Crippen LogP) is 4.17. The molecule has 0 radical (unpaired) electrons. The van der Waals surface area contributed by atoms with Crippen molar-refractivity contribution in [2.75, 3.05) is 0 Å². The largest absolute Gasteiger partial charge is 0.477 e. The van der Waals surface area contributed by atoms with E-state index >= 15 is 0 Å². The van der Waals surface area contributed by atoms with Crippen LogP contribution in [0.5, 0.6) is 0 Å². The van der Waals surface area contributed by atoms with E-state index < -0.39 is 5.97 Å². The monoisotopic (exact) mass is 602 g/mol. The number of carboxylic acids is 1. The van der Waals surface area contributed by atoms with Crippen molar-refractivity contribution in [1.29, 1.82) is 0 Å². The summed E-state index contributed by atoms with van der Waals surface area (Å²) in [5.41, 5.74) is 0.209. The Morgan fingerprint density at radius 1 is 1.20 bits per heavy atom. The number of hydrogen-bond donors (Lipinski definition) is 1. The molecule has 0 bridgehead atoms. The molecule has 0 fully saturated rings. The lowest BCUT2D eigenvalue weighted by Gasteiger charge is -2.05. The number of benzene rings is 1. The van der Waals surface area contributed by atoms with Gasteiger partial charge in [-0.1, -0.05) is 0 Å². The van der Waals surface area contributed by atoms with Crippen molar-refractivity contribution in [2.45, 2.75) is 0 Å². The van der Waals surface area contributed by atoms with Gasteiger partial charge in [0.15, 0.2) is 6.29 Å². The number of carbonyl (C=O) groups is 2. The number of aromatic nitrogens is 2. The molecule has 11 heteroatoms. The Balaban J connectivity index is 0.000000299. The van der Waals surface area contributed by atoms with E-state index in [-0.39, 0.29) is 20.3 Å². The van der Waals surface area contributed by atoms with Gasteiger partial charge in [0.1, 0.15) is 14.8 Å². The van der Waals surface area contributed by atoms with Gasteiger partial charge in [-0.3, -0.25) is 9.59 Å². The second-order valence-corrected chi connectivity index (χ2v) is 7.38. The molecule has 1 aromatic heterocycles. The molecule has 0 aliphatic rings. The molecule has 25 heavy (non-hydrogen) atoms. The molecule has 0 atom stereocenters. The van der Waals surface area contributed by atoms with Gasteiger partial charge in [0.2, 0.25) is 0 Å². The molecule has 6 nitrogen and oxygen atoms in total. The number of rotatable bonds is 3. The van der Waals surface area contributed by atoms with Crippen LogP contribution < -0.4 is 5.56 Å². The number of halogens is 5. The second-order valence-electron chi connectivity index (χ2n) is 4.08. The summed E-state index contributed by atoms with van der Waals surface area (Å²) in [5, 5.41) is 12.1. The van der Waals surface area contributed by atoms with E-state index in [0.29, 0.717) is 20.9 Å². The number of aldehydes is 1. The van der Waals surface area contributed by atoms with Crippen LogP contribution in [0, 0.1) is 5.82 Å². The molecule has 1 aromatic carbocycles. The van der Waals surface area contributed by atoms with Gasteiger partial charge in [-0.2, -0.15) is 9.78 Å². The van der Waals surface area contributed by atoms with Crippen LogP contribution in [-0.2, 0) is 9.59 Å². The summed E-state index contributed by atoms with van der Waals surface area (Å²) in [4.78, 5) is 31.7. The first kappa shape index (κ1) is 21.9. The predicted molar refractivity (Wildman–Crippen MR) is 104 cm³/mol. The smallest absolute Gasteiger partial charge is 0.344 e. The number of carboxylic acid groups (broad SMARTS) is 1. The van der Waals surface area contributed by atoms with Gasteiger partial charge in [0.05, 0.1) is 20.8 Å². The summed E-state index contributed by atoms with van der Waals surface area (Å²) in [6.07, 6.45) is 1.90. The third-order valence-corrected chi connectivity index (χ3v) is 6.23. The van der Waals surface area contributed by atoms with Gasteiger partial charge in [0.25, 0.3) is 5.56 Å². The van der Waals surface area contributed by atoms with Crippen LogP contribution in [0.15, 0.2) is 53.2 Å². The first-order valence-electron chi connectivity index (χ1n) is 6.12. The maximum absolute atomic E-state index is 12.7. The Labute approximate surface area is 174 Å². The van der Waals surface area contributed by atoms with E-state index in [2.05, 4.69) is 68.8 Å².